The lowest BCUT2D eigenvalue weighted by Crippen LogP contribution is -2.41. The third-order valence-corrected chi connectivity index (χ3v) is 5.29. The summed E-state index contributed by atoms with van der Waals surface area (Å²) in [5.74, 6) is -0.170. The summed E-state index contributed by atoms with van der Waals surface area (Å²) in [6.07, 6.45) is 2.52. The first-order chi connectivity index (χ1) is 12.1. The van der Waals surface area contributed by atoms with Crippen molar-refractivity contribution in [3.05, 3.63) is 35.9 Å². The van der Waals surface area contributed by atoms with Crippen molar-refractivity contribution in [3.63, 3.8) is 0 Å². The number of nitrogens with zero attached hydrogens (tertiary/aromatic N) is 1. The highest BCUT2D eigenvalue weighted by Gasteiger charge is 2.32. The van der Waals surface area contributed by atoms with Crippen molar-refractivity contribution in [1.82, 2.24) is 10.2 Å². The topological polar surface area (TPSA) is 41.6 Å². The SMILES string of the molecule is CCN(CC)CCNC(C(=O)OC(CC)(CC)CC)c1ccccc1. The van der Waals surface area contributed by atoms with E-state index in [-0.39, 0.29) is 11.6 Å². The van der Waals surface area contributed by atoms with Crippen molar-refractivity contribution < 1.29 is 9.53 Å². The van der Waals surface area contributed by atoms with Crippen LogP contribution in [0.5, 0.6) is 0 Å². The van der Waals surface area contributed by atoms with Crippen LogP contribution in [-0.2, 0) is 9.53 Å². The molecule has 0 aromatic heterocycles. The van der Waals surface area contributed by atoms with E-state index in [0.29, 0.717) is 0 Å². The number of rotatable bonds is 12. The van der Waals surface area contributed by atoms with Gasteiger partial charge in [-0.05, 0) is 37.9 Å². The summed E-state index contributed by atoms with van der Waals surface area (Å²) in [4.78, 5) is 15.3. The van der Waals surface area contributed by atoms with Crippen LogP contribution in [0, 0.1) is 0 Å². The summed E-state index contributed by atoms with van der Waals surface area (Å²) in [5, 5.41) is 3.41. The van der Waals surface area contributed by atoms with E-state index in [0.717, 1.165) is 51.0 Å². The predicted octanol–water partition coefficient (Wildman–Crippen LogP) is 4.17. The van der Waals surface area contributed by atoms with Gasteiger partial charge in [0, 0.05) is 13.1 Å². The molecular formula is C21H36N2O2. The summed E-state index contributed by atoms with van der Waals surface area (Å²) < 4.78 is 6.00. The van der Waals surface area contributed by atoms with Gasteiger partial charge in [-0.3, -0.25) is 5.32 Å². The van der Waals surface area contributed by atoms with Gasteiger partial charge in [0.1, 0.15) is 11.6 Å². The van der Waals surface area contributed by atoms with Gasteiger partial charge in [0.25, 0.3) is 0 Å². The lowest BCUT2D eigenvalue weighted by Gasteiger charge is -2.32. The lowest BCUT2D eigenvalue weighted by molar-refractivity contribution is -0.164. The molecule has 0 saturated carbocycles. The zero-order valence-corrected chi connectivity index (χ0v) is 16.7. The van der Waals surface area contributed by atoms with Crippen LogP contribution in [0.15, 0.2) is 30.3 Å². The molecule has 0 radical (unpaired) electrons. The van der Waals surface area contributed by atoms with Crippen LogP contribution < -0.4 is 5.32 Å². The van der Waals surface area contributed by atoms with E-state index in [1.54, 1.807) is 0 Å². The molecule has 1 unspecified atom stereocenters. The Morgan fingerprint density at radius 1 is 1.04 bits per heavy atom. The number of ether oxygens (including phenoxy) is 1. The molecule has 4 nitrogen and oxygen atoms in total. The van der Waals surface area contributed by atoms with E-state index in [4.69, 9.17) is 4.74 Å². The molecule has 25 heavy (non-hydrogen) atoms. The van der Waals surface area contributed by atoms with E-state index in [1.165, 1.54) is 0 Å². The molecule has 1 aromatic rings. The van der Waals surface area contributed by atoms with Crippen molar-refractivity contribution in [3.8, 4) is 0 Å². The molecule has 1 rings (SSSR count). The number of benzene rings is 1. The van der Waals surface area contributed by atoms with Crippen molar-refractivity contribution in [2.45, 2.75) is 65.5 Å². The Morgan fingerprint density at radius 2 is 1.60 bits per heavy atom. The fourth-order valence-electron chi connectivity index (χ4n) is 3.13. The Hall–Kier alpha value is -1.39. The second kappa shape index (κ2) is 11.3. The number of carbonyl (C=O) groups is 1. The van der Waals surface area contributed by atoms with Gasteiger partial charge >= 0.3 is 5.97 Å². The molecule has 1 N–H and O–H groups in total. The minimum atomic E-state index is -0.416. The molecule has 0 spiro atoms. The molecule has 1 atom stereocenters. The van der Waals surface area contributed by atoms with Crippen LogP contribution in [0.25, 0.3) is 0 Å². The van der Waals surface area contributed by atoms with Crippen LogP contribution in [0.3, 0.4) is 0 Å². The molecule has 0 heterocycles. The molecule has 0 fully saturated rings. The average Bonchev–Trinajstić information content (AvgIpc) is 2.67. The maximum atomic E-state index is 13.0. The number of likely N-dealkylation sites (N-methyl/N-ethyl adjacent to an activating group) is 1. The van der Waals surface area contributed by atoms with Crippen LogP contribution in [0.1, 0.15) is 65.5 Å². The maximum absolute atomic E-state index is 13.0. The number of nitrogens with one attached hydrogen (secondary N) is 1. The lowest BCUT2D eigenvalue weighted by atomic mass is 9.93. The van der Waals surface area contributed by atoms with Crippen molar-refractivity contribution >= 4 is 5.97 Å². The number of hydrogen-bond acceptors (Lipinski definition) is 4. The highest BCUT2D eigenvalue weighted by atomic mass is 16.6. The highest BCUT2D eigenvalue weighted by molar-refractivity contribution is 5.78. The average molecular weight is 349 g/mol. The predicted molar refractivity (Wildman–Crippen MR) is 105 cm³/mol. The number of esters is 1. The number of hydrogen-bond donors (Lipinski definition) is 1. The summed E-state index contributed by atoms with van der Waals surface area (Å²) >= 11 is 0. The van der Waals surface area contributed by atoms with Gasteiger partial charge in [0.05, 0.1) is 0 Å². The van der Waals surface area contributed by atoms with E-state index < -0.39 is 6.04 Å². The van der Waals surface area contributed by atoms with Gasteiger partial charge in [-0.1, -0.05) is 65.0 Å². The first-order valence-corrected chi connectivity index (χ1v) is 9.79. The zero-order valence-electron chi connectivity index (χ0n) is 16.7. The first-order valence-electron chi connectivity index (χ1n) is 9.79. The molecule has 0 bridgehead atoms. The van der Waals surface area contributed by atoms with Crippen molar-refractivity contribution in [2.75, 3.05) is 26.2 Å². The van der Waals surface area contributed by atoms with Gasteiger partial charge in [0.2, 0.25) is 0 Å². The van der Waals surface area contributed by atoms with E-state index in [9.17, 15) is 4.79 Å². The van der Waals surface area contributed by atoms with Gasteiger partial charge in [-0.15, -0.1) is 0 Å². The van der Waals surface area contributed by atoms with Crippen molar-refractivity contribution in [2.24, 2.45) is 0 Å². The summed E-state index contributed by atoms with van der Waals surface area (Å²) in [5.41, 5.74) is 0.606. The van der Waals surface area contributed by atoms with Crippen LogP contribution in [-0.4, -0.2) is 42.6 Å². The smallest absolute Gasteiger partial charge is 0.328 e. The quantitative estimate of drug-likeness (QED) is 0.576. The highest BCUT2D eigenvalue weighted by Crippen LogP contribution is 2.27. The minimum Gasteiger partial charge on any atom is -0.458 e. The van der Waals surface area contributed by atoms with Crippen LogP contribution >= 0.6 is 0 Å². The second-order valence-electron chi connectivity index (χ2n) is 6.49. The van der Waals surface area contributed by atoms with E-state index >= 15 is 0 Å². The fraction of sp³-hybridized carbons (Fsp3) is 0.667. The van der Waals surface area contributed by atoms with E-state index in [1.807, 2.05) is 30.3 Å². The molecular weight excluding hydrogens is 312 g/mol. The molecule has 0 aliphatic rings. The molecule has 0 amide bonds. The fourth-order valence-corrected chi connectivity index (χ4v) is 3.13. The molecule has 142 valence electrons. The third-order valence-electron chi connectivity index (χ3n) is 5.29. The normalized spacial score (nSPS) is 13.0. The molecule has 0 aliphatic carbocycles. The van der Waals surface area contributed by atoms with Gasteiger partial charge in [-0.2, -0.15) is 0 Å². The summed E-state index contributed by atoms with van der Waals surface area (Å²) in [6, 6.07) is 9.46. The Balaban J connectivity index is 2.86. The maximum Gasteiger partial charge on any atom is 0.328 e. The molecule has 0 aliphatic heterocycles. The summed E-state index contributed by atoms with van der Waals surface area (Å²) in [6.45, 7) is 14.3. The Kier molecular flexibility index (Phi) is 9.76. The van der Waals surface area contributed by atoms with Crippen molar-refractivity contribution in [1.29, 1.82) is 0 Å². The number of carbonyl (C=O) groups excluding carboxylic acids is 1. The standard InChI is InChI=1S/C21H36N2O2/c1-6-21(7-2,8-3)25-20(24)19(18-14-12-11-13-15-18)22-16-17-23(9-4)10-5/h11-15,19,22H,6-10,16-17H2,1-5H3. The van der Waals surface area contributed by atoms with Gasteiger partial charge in [-0.25, -0.2) is 4.79 Å². The molecule has 0 saturated heterocycles. The second-order valence-corrected chi connectivity index (χ2v) is 6.49. The third kappa shape index (κ3) is 6.44. The molecule has 4 heteroatoms. The zero-order chi connectivity index (χ0) is 18.7. The minimum absolute atomic E-state index is 0.170. The van der Waals surface area contributed by atoms with Gasteiger partial charge < -0.3 is 9.64 Å². The Morgan fingerprint density at radius 3 is 2.08 bits per heavy atom. The van der Waals surface area contributed by atoms with E-state index in [2.05, 4.69) is 44.8 Å². The first kappa shape index (κ1) is 21.7. The Bertz CT molecular complexity index is 474. The largest absolute Gasteiger partial charge is 0.458 e. The van der Waals surface area contributed by atoms with Gasteiger partial charge in [0.15, 0.2) is 0 Å². The summed E-state index contributed by atoms with van der Waals surface area (Å²) in [7, 11) is 0. The monoisotopic (exact) mass is 348 g/mol. The molecule has 1 aromatic carbocycles. The van der Waals surface area contributed by atoms with Crippen LogP contribution in [0.4, 0.5) is 0 Å². The Labute approximate surface area is 153 Å². The van der Waals surface area contributed by atoms with Crippen LogP contribution in [0.2, 0.25) is 0 Å².